The molecule has 0 aliphatic heterocycles. The lowest BCUT2D eigenvalue weighted by molar-refractivity contribution is -0.124. The second-order valence-corrected chi connectivity index (χ2v) is 6.01. The van der Waals surface area contributed by atoms with Gasteiger partial charge in [-0.05, 0) is 19.1 Å². The molecule has 2 aromatic rings. The number of ether oxygens (including phenoxy) is 2. The molecule has 0 radical (unpaired) electrons. The average molecular weight is 362 g/mol. The quantitative estimate of drug-likeness (QED) is 0.827. The predicted octanol–water partition coefficient (Wildman–Crippen LogP) is 3.51. The van der Waals surface area contributed by atoms with Crippen molar-refractivity contribution in [1.82, 2.24) is 5.32 Å². The highest BCUT2D eigenvalue weighted by molar-refractivity contribution is 7.22. The summed E-state index contributed by atoms with van der Waals surface area (Å²) in [6.07, 6.45) is 0. The SMILES string of the molecule is CCNC(=O)COC(=O)c1sc2c(Cl)c(OC)ccc2c1Cl. The minimum absolute atomic E-state index is 0.205. The fraction of sp³-hybridized carbons (Fsp3) is 0.286. The molecule has 0 fully saturated rings. The number of benzene rings is 1. The molecule has 0 atom stereocenters. The normalized spacial score (nSPS) is 10.5. The van der Waals surface area contributed by atoms with E-state index in [1.807, 2.05) is 0 Å². The third kappa shape index (κ3) is 3.29. The zero-order chi connectivity index (χ0) is 16.3. The molecule has 8 heteroatoms. The molecular weight excluding hydrogens is 349 g/mol. The molecule has 0 unspecified atom stereocenters. The molecule has 5 nitrogen and oxygen atoms in total. The van der Waals surface area contributed by atoms with Gasteiger partial charge in [0.1, 0.15) is 15.6 Å². The largest absolute Gasteiger partial charge is 0.495 e. The van der Waals surface area contributed by atoms with Gasteiger partial charge >= 0.3 is 5.97 Å². The first-order valence-corrected chi connectivity index (χ1v) is 7.95. The van der Waals surface area contributed by atoms with E-state index in [1.165, 1.54) is 7.11 Å². The van der Waals surface area contributed by atoms with Gasteiger partial charge in [-0.1, -0.05) is 23.2 Å². The smallest absolute Gasteiger partial charge is 0.350 e. The molecule has 1 heterocycles. The third-order valence-corrected chi connectivity index (χ3v) is 5.01. The van der Waals surface area contributed by atoms with Crippen molar-refractivity contribution in [2.24, 2.45) is 0 Å². The number of carbonyl (C=O) groups excluding carboxylic acids is 2. The van der Waals surface area contributed by atoms with Gasteiger partial charge in [0.2, 0.25) is 0 Å². The van der Waals surface area contributed by atoms with Gasteiger partial charge in [0.15, 0.2) is 6.61 Å². The third-order valence-electron chi connectivity index (χ3n) is 2.82. The van der Waals surface area contributed by atoms with E-state index in [0.29, 0.717) is 27.4 Å². The summed E-state index contributed by atoms with van der Waals surface area (Å²) in [7, 11) is 1.50. The maximum atomic E-state index is 12.1. The number of likely N-dealkylation sites (N-methyl/N-ethyl adjacent to an activating group) is 1. The second-order valence-electron chi connectivity index (χ2n) is 4.23. The molecule has 0 bridgehead atoms. The van der Waals surface area contributed by atoms with Crippen LogP contribution in [-0.2, 0) is 9.53 Å². The first kappa shape index (κ1) is 16.9. The first-order chi connectivity index (χ1) is 10.5. The van der Waals surface area contributed by atoms with Crippen LogP contribution in [0, 0.1) is 0 Å². The van der Waals surface area contributed by atoms with Crippen LogP contribution in [0.3, 0.4) is 0 Å². The molecule has 1 amide bonds. The van der Waals surface area contributed by atoms with E-state index in [-0.39, 0.29) is 22.4 Å². The zero-order valence-electron chi connectivity index (χ0n) is 11.9. The van der Waals surface area contributed by atoms with Gasteiger partial charge in [-0.15, -0.1) is 11.3 Å². The number of rotatable bonds is 5. The van der Waals surface area contributed by atoms with Crippen molar-refractivity contribution in [3.63, 3.8) is 0 Å². The van der Waals surface area contributed by atoms with E-state index in [1.54, 1.807) is 19.1 Å². The number of methoxy groups -OCH3 is 1. The second kappa shape index (κ2) is 7.17. The molecule has 0 aliphatic carbocycles. The van der Waals surface area contributed by atoms with Crippen molar-refractivity contribution in [2.75, 3.05) is 20.3 Å². The number of fused-ring (bicyclic) bond motifs is 1. The predicted molar refractivity (Wildman–Crippen MR) is 87.4 cm³/mol. The number of hydrogen-bond acceptors (Lipinski definition) is 5. The molecule has 0 saturated heterocycles. The summed E-state index contributed by atoms with van der Waals surface area (Å²) in [5.74, 6) is -0.533. The number of nitrogens with one attached hydrogen (secondary N) is 1. The van der Waals surface area contributed by atoms with E-state index in [0.717, 1.165) is 11.3 Å². The van der Waals surface area contributed by atoms with Crippen LogP contribution in [0.5, 0.6) is 5.75 Å². The van der Waals surface area contributed by atoms with Crippen LogP contribution in [0.4, 0.5) is 0 Å². The Morgan fingerprint density at radius 1 is 1.27 bits per heavy atom. The van der Waals surface area contributed by atoms with Gasteiger partial charge in [-0.2, -0.15) is 0 Å². The van der Waals surface area contributed by atoms with Gasteiger partial charge in [-0.25, -0.2) is 4.79 Å². The first-order valence-electron chi connectivity index (χ1n) is 6.37. The van der Waals surface area contributed by atoms with E-state index in [9.17, 15) is 9.59 Å². The molecule has 0 spiro atoms. The van der Waals surface area contributed by atoms with E-state index < -0.39 is 5.97 Å². The van der Waals surface area contributed by atoms with Crippen molar-refractivity contribution >= 4 is 56.5 Å². The summed E-state index contributed by atoms with van der Waals surface area (Å²) in [5.41, 5.74) is 0. The van der Waals surface area contributed by atoms with Crippen LogP contribution in [0.15, 0.2) is 12.1 Å². The van der Waals surface area contributed by atoms with Crippen LogP contribution in [0.25, 0.3) is 10.1 Å². The highest BCUT2D eigenvalue weighted by Crippen LogP contribution is 2.43. The Bertz CT molecular complexity index is 729. The van der Waals surface area contributed by atoms with Gasteiger partial charge < -0.3 is 14.8 Å². The lowest BCUT2D eigenvalue weighted by Gasteiger charge is -2.03. The van der Waals surface area contributed by atoms with Gasteiger partial charge in [0.25, 0.3) is 5.91 Å². The van der Waals surface area contributed by atoms with Crippen LogP contribution < -0.4 is 10.1 Å². The number of hydrogen-bond donors (Lipinski definition) is 1. The lowest BCUT2D eigenvalue weighted by atomic mass is 10.2. The van der Waals surface area contributed by atoms with Crippen molar-refractivity contribution in [3.05, 3.63) is 27.1 Å². The highest BCUT2D eigenvalue weighted by Gasteiger charge is 2.21. The zero-order valence-corrected chi connectivity index (χ0v) is 14.2. The average Bonchev–Trinajstić information content (AvgIpc) is 2.84. The molecule has 0 aliphatic rings. The van der Waals surface area contributed by atoms with Crippen molar-refractivity contribution in [2.45, 2.75) is 6.92 Å². The number of esters is 1. The van der Waals surface area contributed by atoms with Crippen LogP contribution in [-0.4, -0.2) is 32.1 Å². The van der Waals surface area contributed by atoms with E-state index >= 15 is 0 Å². The van der Waals surface area contributed by atoms with Crippen LogP contribution in [0.2, 0.25) is 10.0 Å². The molecule has 2 rings (SSSR count). The van der Waals surface area contributed by atoms with Gasteiger partial charge in [-0.3, -0.25) is 4.79 Å². The fourth-order valence-corrected chi connectivity index (χ4v) is 3.59. The van der Waals surface area contributed by atoms with Crippen molar-refractivity contribution in [3.8, 4) is 5.75 Å². The van der Waals surface area contributed by atoms with Crippen molar-refractivity contribution in [1.29, 1.82) is 0 Å². The van der Waals surface area contributed by atoms with Gasteiger partial charge in [0, 0.05) is 11.9 Å². The molecular formula is C14H13Cl2NO4S. The summed E-state index contributed by atoms with van der Waals surface area (Å²) in [6, 6.07) is 3.40. The Kier molecular flexibility index (Phi) is 5.50. The Morgan fingerprint density at radius 2 is 2.00 bits per heavy atom. The minimum atomic E-state index is -0.660. The molecule has 118 valence electrons. The molecule has 0 saturated carbocycles. The number of amides is 1. The number of carbonyl (C=O) groups is 2. The maximum absolute atomic E-state index is 12.1. The highest BCUT2D eigenvalue weighted by atomic mass is 35.5. The molecule has 1 aromatic heterocycles. The van der Waals surface area contributed by atoms with Crippen molar-refractivity contribution < 1.29 is 19.1 Å². The maximum Gasteiger partial charge on any atom is 0.350 e. The molecule has 22 heavy (non-hydrogen) atoms. The lowest BCUT2D eigenvalue weighted by Crippen LogP contribution is -2.28. The van der Waals surface area contributed by atoms with E-state index in [4.69, 9.17) is 32.7 Å². The number of thiophene rings is 1. The summed E-state index contributed by atoms with van der Waals surface area (Å²) >= 11 is 13.5. The topological polar surface area (TPSA) is 64.6 Å². The monoisotopic (exact) mass is 361 g/mol. The van der Waals surface area contributed by atoms with Crippen LogP contribution >= 0.6 is 34.5 Å². The Morgan fingerprint density at radius 3 is 2.64 bits per heavy atom. The molecule has 1 N–H and O–H groups in total. The number of halogens is 2. The standard InChI is InChI=1S/C14H13Cl2NO4S/c1-3-17-9(18)6-21-14(19)13-10(15)7-4-5-8(20-2)11(16)12(7)22-13/h4-5H,3,6H2,1-2H3,(H,17,18). The Hall–Kier alpha value is -1.50. The van der Waals surface area contributed by atoms with E-state index in [2.05, 4.69) is 5.32 Å². The fourth-order valence-electron chi connectivity index (χ4n) is 1.81. The van der Waals surface area contributed by atoms with Crippen LogP contribution in [0.1, 0.15) is 16.6 Å². The minimum Gasteiger partial charge on any atom is -0.495 e. The van der Waals surface area contributed by atoms with Gasteiger partial charge in [0.05, 0.1) is 16.8 Å². The summed E-state index contributed by atoms with van der Waals surface area (Å²) < 4.78 is 10.7. The Labute approximate surface area is 141 Å². The summed E-state index contributed by atoms with van der Waals surface area (Å²) in [5, 5.41) is 3.81. The molecule has 1 aromatic carbocycles. The summed E-state index contributed by atoms with van der Waals surface area (Å²) in [6.45, 7) is 1.89. The summed E-state index contributed by atoms with van der Waals surface area (Å²) in [4.78, 5) is 23.6. The Balaban J connectivity index is 2.28.